The van der Waals surface area contributed by atoms with E-state index in [0.717, 1.165) is 27.6 Å². The molecular formula is C31H36N4O3. The number of amides is 1. The number of aromatic amines is 1. The molecule has 4 aromatic rings. The minimum Gasteiger partial charge on any atom is -0.468 e. The van der Waals surface area contributed by atoms with E-state index in [-0.39, 0.29) is 11.9 Å². The van der Waals surface area contributed by atoms with Crippen molar-refractivity contribution < 1.29 is 14.3 Å². The Morgan fingerprint density at radius 3 is 2.11 bits per heavy atom. The van der Waals surface area contributed by atoms with Gasteiger partial charge in [0.2, 0.25) is 5.91 Å². The average molecular weight is 513 g/mol. The summed E-state index contributed by atoms with van der Waals surface area (Å²) in [6, 6.07) is 27.1. The van der Waals surface area contributed by atoms with Crippen LogP contribution in [0.25, 0.3) is 10.9 Å². The number of carbonyl (C=O) groups is 2. The van der Waals surface area contributed by atoms with Gasteiger partial charge in [0.25, 0.3) is 0 Å². The van der Waals surface area contributed by atoms with Gasteiger partial charge in [0.1, 0.15) is 6.04 Å². The fraction of sp³-hybridized carbons (Fsp3) is 0.290. The van der Waals surface area contributed by atoms with E-state index in [0.29, 0.717) is 32.5 Å². The van der Waals surface area contributed by atoms with Crippen LogP contribution in [0.15, 0.2) is 91.1 Å². The zero-order valence-corrected chi connectivity index (χ0v) is 22.0. The summed E-state index contributed by atoms with van der Waals surface area (Å²) < 4.78 is 5.06. The van der Waals surface area contributed by atoms with E-state index in [1.165, 1.54) is 7.11 Å². The molecule has 2 atom stereocenters. The van der Waals surface area contributed by atoms with Gasteiger partial charge in [-0.1, -0.05) is 78.9 Å². The number of nitrogens with zero attached hydrogens (tertiary/aromatic N) is 1. The standard InChI is InChI=1S/C31H36N4O3/c1-35(22-24-13-7-4-8-14-24)30(36)28(19-23-11-5-3-6-12-23)32-17-18-33-29(31(37)38-2)20-25-21-34-27-16-10-9-15-26(25)27/h3-16,21,28-29,32-34H,17-20,22H2,1-2H3. The van der Waals surface area contributed by atoms with Crippen molar-refractivity contribution in [1.29, 1.82) is 0 Å². The van der Waals surface area contributed by atoms with E-state index in [2.05, 4.69) is 15.6 Å². The molecule has 198 valence electrons. The molecule has 0 radical (unpaired) electrons. The van der Waals surface area contributed by atoms with Gasteiger partial charge in [-0.2, -0.15) is 0 Å². The third-order valence-electron chi connectivity index (χ3n) is 6.71. The Labute approximate surface area is 224 Å². The molecule has 0 aliphatic carbocycles. The number of ether oxygens (including phenoxy) is 1. The minimum absolute atomic E-state index is 0.0287. The molecule has 7 nitrogen and oxygen atoms in total. The van der Waals surface area contributed by atoms with Crippen molar-refractivity contribution >= 4 is 22.8 Å². The molecule has 3 aromatic carbocycles. The number of esters is 1. The molecule has 0 fully saturated rings. The fourth-order valence-electron chi connectivity index (χ4n) is 4.69. The zero-order chi connectivity index (χ0) is 26.7. The maximum Gasteiger partial charge on any atom is 0.323 e. The second-order valence-electron chi connectivity index (χ2n) is 9.47. The van der Waals surface area contributed by atoms with E-state index in [9.17, 15) is 9.59 Å². The van der Waals surface area contributed by atoms with Gasteiger partial charge in [0.15, 0.2) is 0 Å². The molecule has 38 heavy (non-hydrogen) atoms. The van der Waals surface area contributed by atoms with Gasteiger partial charge in [0, 0.05) is 50.2 Å². The number of carbonyl (C=O) groups excluding carboxylic acids is 2. The maximum absolute atomic E-state index is 13.4. The van der Waals surface area contributed by atoms with Gasteiger partial charge in [-0.25, -0.2) is 0 Å². The predicted molar refractivity (Wildman–Crippen MR) is 151 cm³/mol. The maximum atomic E-state index is 13.4. The Bertz CT molecular complexity index is 1310. The van der Waals surface area contributed by atoms with Crippen LogP contribution in [-0.2, 0) is 33.7 Å². The normalized spacial score (nSPS) is 12.7. The molecule has 3 N–H and O–H groups in total. The highest BCUT2D eigenvalue weighted by atomic mass is 16.5. The van der Waals surface area contributed by atoms with Crippen molar-refractivity contribution in [1.82, 2.24) is 20.5 Å². The van der Waals surface area contributed by atoms with E-state index >= 15 is 0 Å². The first-order valence-electron chi connectivity index (χ1n) is 13.0. The summed E-state index contributed by atoms with van der Waals surface area (Å²) in [6.07, 6.45) is 3.02. The molecule has 1 aromatic heterocycles. The number of hydrogen-bond donors (Lipinski definition) is 3. The Kier molecular flexibility index (Phi) is 9.67. The van der Waals surface area contributed by atoms with Crippen molar-refractivity contribution in [3.05, 3.63) is 108 Å². The number of aromatic nitrogens is 1. The fourth-order valence-corrected chi connectivity index (χ4v) is 4.69. The van der Waals surface area contributed by atoms with Gasteiger partial charge in [-0.3, -0.25) is 9.59 Å². The summed E-state index contributed by atoms with van der Waals surface area (Å²) in [5.41, 5.74) is 4.26. The van der Waals surface area contributed by atoms with Crippen molar-refractivity contribution in [2.24, 2.45) is 0 Å². The first kappa shape index (κ1) is 27.1. The summed E-state index contributed by atoms with van der Waals surface area (Å²) in [7, 11) is 3.24. The lowest BCUT2D eigenvalue weighted by molar-refractivity contribution is -0.143. The molecule has 1 amide bonds. The SMILES string of the molecule is COC(=O)C(Cc1c[nH]c2ccccc12)NCCNC(Cc1ccccc1)C(=O)N(C)Cc1ccccc1. The Hall–Kier alpha value is -3.94. The first-order chi connectivity index (χ1) is 18.5. The first-order valence-corrected chi connectivity index (χ1v) is 13.0. The summed E-state index contributed by atoms with van der Waals surface area (Å²) in [4.78, 5) is 31.0. The molecule has 2 unspecified atom stereocenters. The highest BCUT2D eigenvalue weighted by Gasteiger charge is 2.24. The third kappa shape index (κ3) is 7.31. The van der Waals surface area contributed by atoms with Gasteiger partial charge < -0.3 is 25.3 Å². The van der Waals surface area contributed by atoms with Crippen LogP contribution in [-0.4, -0.2) is 61.1 Å². The van der Waals surface area contributed by atoms with Gasteiger partial charge in [0.05, 0.1) is 13.2 Å². The number of hydrogen-bond acceptors (Lipinski definition) is 5. The van der Waals surface area contributed by atoms with E-state index in [4.69, 9.17) is 4.74 Å². The van der Waals surface area contributed by atoms with E-state index in [1.54, 1.807) is 4.90 Å². The highest BCUT2D eigenvalue weighted by Crippen LogP contribution is 2.19. The Morgan fingerprint density at radius 1 is 0.816 bits per heavy atom. The van der Waals surface area contributed by atoms with Crippen LogP contribution in [0.4, 0.5) is 0 Å². The summed E-state index contributed by atoms with van der Waals surface area (Å²) in [5.74, 6) is -0.282. The molecule has 7 heteroatoms. The molecule has 0 bridgehead atoms. The van der Waals surface area contributed by atoms with Crippen molar-refractivity contribution in [3.8, 4) is 0 Å². The second-order valence-corrected chi connectivity index (χ2v) is 9.47. The van der Waals surface area contributed by atoms with Crippen LogP contribution < -0.4 is 10.6 Å². The Balaban J connectivity index is 1.38. The number of rotatable bonds is 13. The summed E-state index contributed by atoms with van der Waals surface area (Å²) in [5, 5.41) is 7.84. The third-order valence-corrected chi connectivity index (χ3v) is 6.71. The number of fused-ring (bicyclic) bond motifs is 1. The second kappa shape index (κ2) is 13.6. The monoisotopic (exact) mass is 512 g/mol. The molecule has 0 aliphatic heterocycles. The lowest BCUT2D eigenvalue weighted by Gasteiger charge is -2.25. The van der Waals surface area contributed by atoms with Crippen LogP contribution in [0.1, 0.15) is 16.7 Å². The molecule has 1 heterocycles. The van der Waals surface area contributed by atoms with Crippen molar-refractivity contribution in [3.63, 3.8) is 0 Å². The van der Waals surface area contributed by atoms with Crippen LogP contribution in [0.5, 0.6) is 0 Å². The van der Waals surface area contributed by atoms with E-state index in [1.807, 2.05) is 98.2 Å². The smallest absolute Gasteiger partial charge is 0.323 e. The molecule has 0 saturated heterocycles. The van der Waals surface area contributed by atoms with Gasteiger partial charge in [-0.05, 0) is 29.2 Å². The number of H-pyrrole nitrogens is 1. The molecule has 0 spiro atoms. The molecule has 4 rings (SSSR count). The van der Waals surface area contributed by atoms with Crippen LogP contribution >= 0.6 is 0 Å². The van der Waals surface area contributed by atoms with Crippen LogP contribution in [0.2, 0.25) is 0 Å². The summed E-state index contributed by atoms with van der Waals surface area (Å²) in [6.45, 7) is 1.56. The number of nitrogens with one attached hydrogen (secondary N) is 3. The zero-order valence-electron chi connectivity index (χ0n) is 22.0. The van der Waals surface area contributed by atoms with Gasteiger partial charge in [-0.15, -0.1) is 0 Å². The largest absolute Gasteiger partial charge is 0.468 e. The minimum atomic E-state index is -0.495. The highest BCUT2D eigenvalue weighted by molar-refractivity contribution is 5.84. The molecular weight excluding hydrogens is 476 g/mol. The number of benzene rings is 3. The summed E-state index contributed by atoms with van der Waals surface area (Å²) >= 11 is 0. The Morgan fingerprint density at radius 2 is 1.42 bits per heavy atom. The molecule has 0 saturated carbocycles. The van der Waals surface area contributed by atoms with Gasteiger partial charge >= 0.3 is 5.97 Å². The van der Waals surface area contributed by atoms with Crippen molar-refractivity contribution in [2.45, 2.75) is 31.5 Å². The lowest BCUT2D eigenvalue weighted by atomic mass is 10.0. The molecule has 0 aliphatic rings. The number of methoxy groups -OCH3 is 1. The number of likely N-dealkylation sites (N-methyl/N-ethyl adjacent to an activating group) is 1. The quantitative estimate of drug-likeness (QED) is 0.188. The predicted octanol–water partition coefficient (Wildman–Crippen LogP) is 3.70. The van der Waals surface area contributed by atoms with E-state index < -0.39 is 12.1 Å². The number of para-hydroxylation sites is 1. The topological polar surface area (TPSA) is 86.5 Å². The average Bonchev–Trinajstić information content (AvgIpc) is 3.37. The van der Waals surface area contributed by atoms with Crippen LogP contribution in [0, 0.1) is 0 Å². The lowest BCUT2D eigenvalue weighted by Crippen LogP contribution is -2.49. The van der Waals surface area contributed by atoms with Crippen LogP contribution in [0.3, 0.4) is 0 Å². The van der Waals surface area contributed by atoms with Crippen molar-refractivity contribution in [2.75, 3.05) is 27.2 Å².